The van der Waals surface area contributed by atoms with Gasteiger partial charge in [-0.05, 0) is 12.8 Å². The molecule has 118 valence electrons. The Morgan fingerprint density at radius 1 is 1.29 bits per heavy atom. The molecule has 0 radical (unpaired) electrons. The zero-order chi connectivity index (χ0) is 14.9. The standard InChI is InChI=1S/C15H26N4OS/c1-2-10-19-14(13-6-4-3-5-7-13)17-18-15(19)21-12-9-16-8-11-20/h2,13,16,20H,1,3-12H2/p+1. The van der Waals surface area contributed by atoms with E-state index in [1.807, 2.05) is 6.08 Å². The molecule has 2 rings (SSSR count). The van der Waals surface area contributed by atoms with E-state index >= 15 is 0 Å². The second-order valence-electron chi connectivity index (χ2n) is 5.51. The quantitative estimate of drug-likeness (QED) is 0.408. The van der Waals surface area contributed by atoms with Crippen molar-refractivity contribution in [2.24, 2.45) is 0 Å². The molecule has 1 aromatic heterocycles. The summed E-state index contributed by atoms with van der Waals surface area (Å²) in [6.07, 6.45) is 8.38. The van der Waals surface area contributed by atoms with Crippen LogP contribution in [0, 0.1) is 0 Å². The zero-order valence-electron chi connectivity index (χ0n) is 12.7. The van der Waals surface area contributed by atoms with Gasteiger partial charge < -0.3 is 15.0 Å². The molecule has 0 atom stereocenters. The molecular formula is C15H27N4OS+. The maximum Gasteiger partial charge on any atom is 0.191 e. The van der Waals surface area contributed by atoms with Crippen LogP contribution >= 0.6 is 11.8 Å². The summed E-state index contributed by atoms with van der Waals surface area (Å²) >= 11 is 1.75. The Morgan fingerprint density at radius 3 is 2.81 bits per heavy atom. The highest BCUT2D eigenvalue weighted by molar-refractivity contribution is 7.99. The number of nitrogens with two attached hydrogens (primary N) is 1. The third-order valence-electron chi connectivity index (χ3n) is 3.91. The number of thioether (sulfide) groups is 1. The second kappa shape index (κ2) is 9.23. The van der Waals surface area contributed by atoms with E-state index in [2.05, 4.69) is 26.7 Å². The summed E-state index contributed by atoms with van der Waals surface area (Å²) in [4.78, 5) is 0. The van der Waals surface area contributed by atoms with Crippen LogP contribution in [0.1, 0.15) is 43.8 Å². The smallest absolute Gasteiger partial charge is 0.191 e. The number of quaternary nitrogens is 1. The Bertz CT molecular complexity index is 429. The Kier molecular flexibility index (Phi) is 7.26. The molecule has 0 aromatic carbocycles. The van der Waals surface area contributed by atoms with Gasteiger partial charge >= 0.3 is 0 Å². The van der Waals surface area contributed by atoms with Gasteiger partial charge in [0.25, 0.3) is 0 Å². The first kappa shape index (κ1) is 16.5. The normalized spacial score (nSPS) is 16.2. The lowest BCUT2D eigenvalue weighted by Gasteiger charge is -2.21. The Balaban J connectivity index is 1.96. The van der Waals surface area contributed by atoms with Crippen molar-refractivity contribution in [2.45, 2.75) is 49.7 Å². The molecule has 1 saturated carbocycles. The Morgan fingerprint density at radius 2 is 2.10 bits per heavy atom. The molecule has 0 saturated heterocycles. The average molecular weight is 311 g/mol. The Labute approximate surface area is 131 Å². The van der Waals surface area contributed by atoms with Gasteiger partial charge in [-0.1, -0.05) is 37.1 Å². The highest BCUT2D eigenvalue weighted by Gasteiger charge is 2.22. The lowest BCUT2D eigenvalue weighted by Crippen LogP contribution is -2.85. The predicted molar refractivity (Wildman–Crippen MR) is 85.5 cm³/mol. The van der Waals surface area contributed by atoms with E-state index in [0.29, 0.717) is 5.92 Å². The van der Waals surface area contributed by atoms with Gasteiger partial charge in [0, 0.05) is 12.5 Å². The van der Waals surface area contributed by atoms with Crippen LogP contribution in [-0.4, -0.2) is 45.3 Å². The summed E-state index contributed by atoms with van der Waals surface area (Å²) in [5.41, 5.74) is 0. The number of nitrogens with zero attached hydrogens (tertiary/aromatic N) is 3. The summed E-state index contributed by atoms with van der Waals surface area (Å²) in [7, 11) is 0. The molecule has 6 heteroatoms. The van der Waals surface area contributed by atoms with E-state index in [9.17, 15) is 0 Å². The van der Waals surface area contributed by atoms with Crippen molar-refractivity contribution in [1.29, 1.82) is 0 Å². The molecule has 1 aromatic rings. The molecule has 0 spiro atoms. The van der Waals surface area contributed by atoms with Gasteiger partial charge in [-0.25, -0.2) is 0 Å². The molecule has 1 aliphatic carbocycles. The van der Waals surface area contributed by atoms with E-state index in [-0.39, 0.29) is 6.61 Å². The third kappa shape index (κ3) is 4.83. The number of aliphatic hydroxyl groups excluding tert-OH is 1. The SMILES string of the molecule is C=CCn1c(SCC[NH2+]CCO)nnc1C1CCCCC1. The van der Waals surface area contributed by atoms with Crippen molar-refractivity contribution in [3.05, 3.63) is 18.5 Å². The lowest BCUT2D eigenvalue weighted by molar-refractivity contribution is -0.651. The minimum Gasteiger partial charge on any atom is -0.391 e. The van der Waals surface area contributed by atoms with E-state index < -0.39 is 0 Å². The van der Waals surface area contributed by atoms with E-state index in [1.54, 1.807) is 11.8 Å². The fourth-order valence-corrected chi connectivity index (χ4v) is 3.73. The monoisotopic (exact) mass is 311 g/mol. The predicted octanol–water partition coefficient (Wildman–Crippen LogP) is 1.16. The van der Waals surface area contributed by atoms with Crippen LogP contribution in [0.5, 0.6) is 0 Å². The van der Waals surface area contributed by atoms with Crippen molar-refractivity contribution in [1.82, 2.24) is 14.8 Å². The number of aromatic nitrogens is 3. The maximum absolute atomic E-state index is 8.77. The highest BCUT2D eigenvalue weighted by Crippen LogP contribution is 2.33. The number of hydrogen-bond acceptors (Lipinski definition) is 4. The van der Waals surface area contributed by atoms with Crippen molar-refractivity contribution in [3.63, 3.8) is 0 Å². The molecular weight excluding hydrogens is 284 g/mol. The van der Waals surface area contributed by atoms with Crippen LogP contribution < -0.4 is 5.32 Å². The van der Waals surface area contributed by atoms with Crippen LogP contribution in [-0.2, 0) is 6.54 Å². The maximum atomic E-state index is 8.77. The average Bonchev–Trinajstić information content (AvgIpc) is 2.91. The minimum absolute atomic E-state index is 0.239. The van der Waals surface area contributed by atoms with Crippen LogP contribution in [0.15, 0.2) is 17.8 Å². The highest BCUT2D eigenvalue weighted by atomic mass is 32.2. The van der Waals surface area contributed by atoms with Crippen molar-refractivity contribution in [2.75, 3.05) is 25.4 Å². The fourth-order valence-electron chi connectivity index (χ4n) is 2.84. The van der Waals surface area contributed by atoms with Gasteiger partial charge in [0.05, 0.1) is 25.4 Å². The third-order valence-corrected chi connectivity index (χ3v) is 4.91. The van der Waals surface area contributed by atoms with Crippen molar-refractivity contribution in [3.8, 4) is 0 Å². The first-order valence-corrected chi connectivity index (χ1v) is 8.94. The topological polar surface area (TPSA) is 67.5 Å². The minimum atomic E-state index is 0.239. The van der Waals surface area contributed by atoms with Gasteiger partial charge in [-0.15, -0.1) is 16.8 Å². The van der Waals surface area contributed by atoms with Gasteiger partial charge in [0.1, 0.15) is 5.82 Å². The summed E-state index contributed by atoms with van der Waals surface area (Å²) in [6, 6.07) is 0. The van der Waals surface area contributed by atoms with Gasteiger partial charge in [0.2, 0.25) is 0 Å². The number of hydrogen-bond donors (Lipinski definition) is 2. The first-order valence-electron chi connectivity index (χ1n) is 7.96. The van der Waals surface area contributed by atoms with Crippen LogP contribution in [0.2, 0.25) is 0 Å². The molecule has 3 N–H and O–H groups in total. The van der Waals surface area contributed by atoms with E-state index in [1.165, 1.54) is 32.1 Å². The first-order chi connectivity index (χ1) is 10.4. The van der Waals surface area contributed by atoms with E-state index in [0.717, 1.165) is 36.4 Å². The molecule has 0 aliphatic heterocycles. The molecule has 21 heavy (non-hydrogen) atoms. The molecule has 1 fully saturated rings. The lowest BCUT2D eigenvalue weighted by atomic mass is 9.89. The summed E-state index contributed by atoms with van der Waals surface area (Å²) in [5.74, 6) is 2.71. The summed E-state index contributed by atoms with van der Waals surface area (Å²) < 4.78 is 2.24. The molecule has 1 aliphatic rings. The fraction of sp³-hybridized carbons (Fsp3) is 0.733. The molecule has 0 unspecified atom stereocenters. The molecule has 0 bridgehead atoms. The van der Waals surface area contributed by atoms with Gasteiger partial charge in [-0.2, -0.15) is 0 Å². The molecule has 5 nitrogen and oxygen atoms in total. The van der Waals surface area contributed by atoms with Gasteiger partial charge in [0.15, 0.2) is 5.16 Å². The molecule has 1 heterocycles. The van der Waals surface area contributed by atoms with Crippen LogP contribution in [0.25, 0.3) is 0 Å². The Hall–Kier alpha value is -0.850. The summed E-state index contributed by atoms with van der Waals surface area (Å²) in [5, 5.41) is 20.8. The zero-order valence-corrected chi connectivity index (χ0v) is 13.5. The number of rotatable bonds is 9. The number of aliphatic hydroxyl groups is 1. The second-order valence-corrected chi connectivity index (χ2v) is 6.58. The van der Waals surface area contributed by atoms with Gasteiger partial charge in [-0.3, -0.25) is 0 Å². The van der Waals surface area contributed by atoms with Crippen LogP contribution in [0.4, 0.5) is 0 Å². The number of allylic oxidation sites excluding steroid dienone is 1. The van der Waals surface area contributed by atoms with E-state index in [4.69, 9.17) is 5.11 Å². The molecule has 0 amide bonds. The van der Waals surface area contributed by atoms with Crippen LogP contribution in [0.3, 0.4) is 0 Å². The van der Waals surface area contributed by atoms with Crippen molar-refractivity contribution >= 4 is 11.8 Å². The summed E-state index contributed by atoms with van der Waals surface area (Å²) in [6.45, 7) is 6.66. The van der Waals surface area contributed by atoms with Crippen molar-refractivity contribution < 1.29 is 10.4 Å². The largest absolute Gasteiger partial charge is 0.391 e.